The summed E-state index contributed by atoms with van der Waals surface area (Å²) in [5.41, 5.74) is -3.76. The smallest absolute Gasteiger partial charge is 0.421 e. The number of halogens is 7. The van der Waals surface area contributed by atoms with E-state index in [1.54, 1.807) is 26.3 Å². The van der Waals surface area contributed by atoms with Crippen molar-refractivity contribution < 1.29 is 69.2 Å². The quantitative estimate of drug-likeness (QED) is 0.0666. The number of nitrogens with one attached hydrogen (secondary N) is 2. The Morgan fingerprint density at radius 2 is 1.68 bits per heavy atom. The molecule has 2 aliphatic rings. The van der Waals surface area contributed by atoms with Crippen LogP contribution in [0.5, 0.6) is 5.88 Å². The largest absolute Gasteiger partial charge is 0.477 e. The van der Waals surface area contributed by atoms with Crippen molar-refractivity contribution in [1.82, 2.24) is 25.5 Å². The number of likely N-dealkylation sites (tertiary alicyclic amines) is 1. The first-order chi connectivity index (χ1) is 34.2. The summed E-state index contributed by atoms with van der Waals surface area (Å²) in [5, 5.41) is 25.2. The predicted octanol–water partition coefficient (Wildman–Crippen LogP) is 7.28. The van der Waals surface area contributed by atoms with Crippen LogP contribution >= 0.6 is 11.3 Å². The molecule has 0 saturated carbocycles. The first-order valence-corrected chi connectivity index (χ1v) is 23.6. The van der Waals surface area contributed by atoms with Crippen molar-refractivity contribution in [3.63, 3.8) is 0 Å². The Kier molecular flexibility index (Phi) is 16.9. The number of aliphatic hydroxyl groups excluding tert-OH is 1. The highest BCUT2D eigenvalue weighted by Crippen LogP contribution is 2.46. The number of anilines is 2. The zero-order valence-electron chi connectivity index (χ0n) is 40.5. The number of pyridine rings is 1. The predicted molar refractivity (Wildman–Crippen MR) is 252 cm³/mol. The lowest BCUT2D eigenvalue weighted by Gasteiger charge is -2.35. The summed E-state index contributed by atoms with van der Waals surface area (Å²) < 4.78 is 116. The molecule has 2 fully saturated rings. The van der Waals surface area contributed by atoms with Gasteiger partial charge in [0.2, 0.25) is 23.6 Å². The van der Waals surface area contributed by atoms with Gasteiger partial charge in [0, 0.05) is 32.5 Å². The number of carbonyl (C=O) groups is 4. The number of thiazole rings is 1. The molecule has 4 amide bonds. The second-order valence-electron chi connectivity index (χ2n) is 18.7. The van der Waals surface area contributed by atoms with E-state index in [0.717, 1.165) is 38.9 Å². The maximum atomic E-state index is 15.4. The van der Waals surface area contributed by atoms with Gasteiger partial charge in [-0.05, 0) is 55.5 Å². The lowest BCUT2D eigenvalue weighted by Crippen LogP contribution is -2.58. The topological polar surface area (TPSA) is 200 Å². The third-order valence-electron chi connectivity index (χ3n) is 12.0. The van der Waals surface area contributed by atoms with Crippen LogP contribution in [0.3, 0.4) is 0 Å². The number of nitrogens with zero attached hydrogens (tertiary/aromatic N) is 6. The van der Waals surface area contributed by atoms with Crippen molar-refractivity contribution in [2.75, 3.05) is 49.4 Å². The Hall–Kier alpha value is -6.68. The number of hydrogen-bond acceptors (Lipinski definition) is 13. The molecule has 392 valence electrons. The average Bonchev–Trinajstić information content (AvgIpc) is 3.98. The van der Waals surface area contributed by atoms with Crippen molar-refractivity contribution in [3.05, 3.63) is 100 Å². The van der Waals surface area contributed by atoms with E-state index in [1.807, 2.05) is 31.2 Å². The second kappa shape index (κ2) is 22.2. The van der Waals surface area contributed by atoms with E-state index < -0.39 is 112 Å². The standard InChI is InChI=1S/C49H53F7N8O8S/c1-27-40(73-26-60-27)30-11-9-29(10-12-30)22-58-42(67)36-20-33(65)24-62(36)44(68)41(46(3,4)5)61-37(66)25-71-18-17-70-15-8-16-72-43-34(48(51,52)53)19-32(23-59-43)64-28(2)63(45(69)47(64,6)7)35-14-13-31(21-57)38(39(35)50)49(54,55)56/h9-14,19,23,26,33,36,41,65H,2,8,15-18,20,22,24-25H2,1,3-7H3,(H,58,67)(H,61,66)/t33-,36+,41-/m1/s1. The van der Waals surface area contributed by atoms with Crippen molar-refractivity contribution in [2.24, 2.45) is 5.41 Å². The van der Waals surface area contributed by atoms with Crippen LogP contribution in [0, 0.1) is 29.5 Å². The molecule has 2 aromatic heterocycles. The minimum absolute atomic E-state index is 0.00940. The summed E-state index contributed by atoms with van der Waals surface area (Å²) in [7, 11) is 0. The van der Waals surface area contributed by atoms with Crippen LogP contribution in [-0.4, -0.2) is 107 Å². The molecule has 3 N–H and O–H groups in total. The molecule has 16 nitrogen and oxygen atoms in total. The lowest BCUT2D eigenvalue weighted by molar-refractivity contribution is -0.144. The minimum Gasteiger partial charge on any atom is -0.477 e. The van der Waals surface area contributed by atoms with Gasteiger partial charge in [-0.1, -0.05) is 51.6 Å². The van der Waals surface area contributed by atoms with Gasteiger partial charge in [0.25, 0.3) is 5.91 Å². The van der Waals surface area contributed by atoms with Crippen LogP contribution in [0.15, 0.2) is 66.6 Å². The summed E-state index contributed by atoms with van der Waals surface area (Å²) >= 11 is 1.53. The number of alkyl halides is 6. The Labute approximate surface area is 419 Å². The molecule has 2 aliphatic heterocycles. The maximum absolute atomic E-state index is 15.4. The molecule has 2 aromatic carbocycles. The number of amides is 4. The highest BCUT2D eigenvalue weighted by molar-refractivity contribution is 7.13. The Morgan fingerprint density at radius 3 is 2.30 bits per heavy atom. The van der Waals surface area contributed by atoms with E-state index in [0.29, 0.717) is 17.0 Å². The van der Waals surface area contributed by atoms with E-state index in [1.165, 1.54) is 36.2 Å². The summed E-state index contributed by atoms with van der Waals surface area (Å²) in [4.78, 5) is 65.8. The molecule has 0 radical (unpaired) electrons. The highest BCUT2D eigenvalue weighted by atomic mass is 32.1. The van der Waals surface area contributed by atoms with Crippen molar-refractivity contribution in [1.29, 1.82) is 5.26 Å². The normalized spacial score (nSPS) is 17.5. The first-order valence-electron chi connectivity index (χ1n) is 22.7. The number of hydrogen-bond donors (Lipinski definition) is 3. The van der Waals surface area contributed by atoms with Gasteiger partial charge >= 0.3 is 12.4 Å². The van der Waals surface area contributed by atoms with Crippen molar-refractivity contribution in [3.8, 4) is 22.4 Å². The van der Waals surface area contributed by atoms with Crippen LogP contribution < -0.4 is 25.2 Å². The molecule has 0 spiro atoms. The fraction of sp³-hybridized carbons (Fsp3) is 0.449. The van der Waals surface area contributed by atoms with Gasteiger partial charge in [-0.15, -0.1) is 11.3 Å². The Bertz CT molecular complexity index is 2760. The van der Waals surface area contributed by atoms with Crippen LogP contribution in [-0.2, 0) is 47.5 Å². The molecule has 0 bridgehead atoms. The van der Waals surface area contributed by atoms with Gasteiger partial charge in [-0.25, -0.2) is 14.4 Å². The van der Waals surface area contributed by atoms with E-state index in [2.05, 4.69) is 27.2 Å². The second-order valence-corrected chi connectivity index (χ2v) is 19.6. The van der Waals surface area contributed by atoms with Gasteiger partial charge in [0.05, 0.1) is 71.2 Å². The van der Waals surface area contributed by atoms with E-state index >= 15 is 4.39 Å². The molecule has 24 heteroatoms. The summed E-state index contributed by atoms with van der Waals surface area (Å²) in [6.07, 6.45) is -10.3. The average molecular weight is 1050 g/mol. The fourth-order valence-corrected chi connectivity index (χ4v) is 9.13. The van der Waals surface area contributed by atoms with Crippen LogP contribution in [0.2, 0.25) is 0 Å². The van der Waals surface area contributed by atoms with Gasteiger partial charge in [-0.3, -0.25) is 24.1 Å². The molecule has 73 heavy (non-hydrogen) atoms. The zero-order chi connectivity index (χ0) is 53.8. The number of nitriles is 1. The zero-order valence-corrected chi connectivity index (χ0v) is 41.4. The van der Waals surface area contributed by atoms with E-state index in [4.69, 9.17) is 19.5 Å². The summed E-state index contributed by atoms with van der Waals surface area (Å²) in [5.74, 6) is -5.97. The number of aliphatic hydroxyl groups is 1. The van der Waals surface area contributed by atoms with E-state index in [-0.39, 0.29) is 58.0 Å². The number of β-amino-alcohol motifs (C(OH)–C–C–N with tert-alkyl or cyclic N) is 1. The molecule has 0 unspecified atom stereocenters. The Balaban J connectivity index is 0.962. The first kappa shape index (κ1) is 55.6. The third-order valence-corrected chi connectivity index (χ3v) is 12.9. The van der Waals surface area contributed by atoms with E-state index in [9.17, 15) is 50.6 Å². The van der Waals surface area contributed by atoms with Gasteiger partial charge < -0.3 is 39.8 Å². The maximum Gasteiger partial charge on any atom is 0.421 e. The Morgan fingerprint density at radius 1 is 1.00 bits per heavy atom. The molecular formula is C49H53F7N8O8S. The SMILES string of the molecule is C=C1N(c2ccc(C#N)c(C(F)(F)F)c2F)C(=O)C(C)(C)N1c1cnc(OCCCOCCOCC(=O)N[C@H](C(=O)N2C[C@H](O)C[C@H]2C(=O)NCc2ccc(-c3scnc3C)cc2)C(C)(C)C)c(C(F)(F)F)c1. The van der Waals surface area contributed by atoms with Gasteiger partial charge in [0.1, 0.15) is 41.2 Å². The number of aryl methyl sites for hydroxylation is 1. The number of carbonyl (C=O) groups excluding carboxylic acids is 4. The molecule has 0 aliphatic carbocycles. The fourth-order valence-electron chi connectivity index (χ4n) is 8.32. The monoisotopic (exact) mass is 1050 g/mol. The third kappa shape index (κ3) is 12.6. The van der Waals surface area contributed by atoms with Gasteiger partial charge in [0.15, 0.2) is 5.82 Å². The van der Waals surface area contributed by atoms with Crippen LogP contribution in [0.25, 0.3) is 10.4 Å². The van der Waals surface area contributed by atoms with Gasteiger partial charge in [-0.2, -0.15) is 31.6 Å². The summed E-state index contributed by atoms with van der Waals surface area (Å²) in [6, 6.07) is 8.85. The van der Waals surface area contributed by atoms with Crippen molar-refractivity contribution >= 4 is 46.3 Å². The summed E-state index contributed by atoms with van der Waals surface area (Å²) in [6.45, 7) is 12.4. The lowest BCUT2D eigenvalue weighted by atomic mass is 9.85. The highest BCUT2D eigenvalue weighted by Gasteiger charge is 2.52. The van der Waals surface area contributed by atoms with Crippen molar-refractivity contribution in [2.45, 2.75) is 97.0 Å². The number of ether oxygens (including phenoxy) is 3. The molecule has 2 saturated heterocycles. The number of aromatic nitrogens is 2. The molecular weight excluding hydrogens is 994 g/mol. The number of benzene rings is 2. The molecule has 4 aromatic rings. The molecule has 3 atom stereocenters. The minimum atomic E-state index is -5.33. The van der Waals surface area contributed by atoms with Crippen LogP contribution in [0.4, 0.5) is 42.1 Å². The van der Waals surface area contributed by atoms with Crippen LogP contribution in [0.1, 0.15) is 75.4 Å². The molecule has 6 rings (SSSR count). The number of rotatable bonds is 18. The molecule has 4 heterocycles.